The molecule has 0 aromatic heterocycles. The average Bonchev–Trinajstić information content (AvgIpc) is 2.99. The number of allylic oxidation sites excluding steroid dienone is 6. The van der Waals surface area contributed by atoms with Crippen molar-refractivity contribution in [3.05, 3.63) is 124 Å². The number of benzene rings is 3. The molecular formula is C27H20. The molecule has 0 aliphatic heterocycles. The predicted octanol–water partition coefficient (Wildman–Crippen LogP) is 6.59. The number of hydrogen-bond donors (Lipinski definition) is 0. The molecule has 0 atom stereocenters. The van der Waals surface area contributed by atoms with E-state index in [4.69, 9.17) is 0 Å². The van der Waals surface area contributed by atoms with Gasteiger partial charge in [0.2, 0.25) is 0 Å². The molecule has 0 fully saturated rings. The van der Waals surface area contributed by atoms with Crippen LogP contribution < -0.4 is 0 Å². The molecule has 0 unspecified atom stereocenters. The second-order valence-corrected chi connectivity index (χ2v) is 7.76. The summed E-state index contributed by atoms with van der Waals surface area (Å²) in [6.07, 6.45) is 10.3. The van der Waals surface area contributed by atoms with Crippen LogP contribution in [0.3, 0.4) is 0 Å². The summed E-state index contributed by atoms with van der Waals surface area (Å²) in [4.78, 5) is 0. The van der Waals surface area contributed by atoms with Crippen molar-refractivity contribution in [2.45, 2.75) is 18.8 Å². The van der Waals surface area contributed by atoms with E-state index in [0.717, 1.165) is 6.42 Å². The maximum absolute atomic E-state index is 2.41. The van der Waals surface area contributed by atoms with Crippen LogP contribution in [0.1, 0.15) is 34.2 Å². The van der Waals surface area contributed by atoms with Crippen LogP contribution in [0.4, 0.5) is 0 Å². The van der Waals surface area contributed by atoms with E-state index in [-0.39, 0.29) is 5.41 Å². The second kappa shape index (κ2) is 5.20. The van der Waals surface area contributed by atoms with E-state index in [0.29, 0.717) is 0 Å². The molecule has 0 bridgehead atoms. The third kappa shape index (κ3) is 1.73. The first-order valence-corrected chi connectivity index (χ1v) is 9.70. The highest BCUT2D eigenvalue weighted by Crippen LogP contribution is 2.62. The zero-order chi connectivity index (χ0) is 18.0. The van der Waals surface area contributed by atoms with Crippen LogP contribution in [0.5, 0.6) is 0 Å². The standard InChI is InChI=1S/C27H20/c1-18-15-16-22-21-9-3-2-4-12-23(21)27(26(22)17-18)24-13-7-5-10-19(24)20-11-6-8-14-25(20)27/h3-17H,2H2,1H3. The fourth-order valence-electron chi connectivity index (χ4n) is 5.36. The molecule has 0 saturated heterocycles. The fourth-order valence-corrected chi connectivity index (χ4v) is 5.36. The molecule has 1 spiro atoms. The highest BCUT2D eigenvalue weighted by atomic mass is 14.5. The smallest absolute Gasteiger partial charge is 0.0725 e. The van der Waals surface area contributed by atoms with Gasteiger partial charge < -0.3 is 0 Å². The van der Waals surface area contributed by atoms with Gasteiger partial charge in [0.15, 0.2) is 0 Å². The van der Waals surface area contributed by atoms with Gasteiger partial charge in [0, 0.05) is 0 Å². The summed E-state index contributed by atoms with van der Waals surface area (Å²) in [5, 5.41) is 0. The summed E-state index contributed by atoms with van der Waals surface area (Å²) in [5.41, 5.74) is 12.3. The van der Waals surface area contributed by atoms with Crippen LogP contribution in [0.15, 0.2) is 96.6 Å². The Labute approximate surface area is 160 Å². The lowest BCUT2D eigenvalue weighted by atomic mass is 9.69. The van der Waals surface area contributed by atoms with E-state index in [1.165, 1.54) is 50.1 Å². The Morgan fingerprint density at radius 3 is 2.07 bits per heavy atom. The second-order valence-electron chi connectivity index (χ2n) is 7.76. The molecule has 0 N–H and O–H groups in total. The van der Waals surface area contributed by atoms with Gasteiger partial charge in [0.25, 0.3) is 0 Å². The van der Waals surface area contributed by atoms with Crippen molar-refractivity contribution in [3.8, 4) is 11.1 Å². The lowest BCUT2D eigenvalue weighted by Gasteiger charge is -2.31. The van der Waals surface area contributed by atoms with Crippen molar-refractivity contribution in [1.29, 1.82) is 0 Å². The van der Waals surface area contributed by atoms with Crippen molar-refractivity contribution in [2.24, 2.45) is 0 Å². The molecule has 6 rings (SSSR count). The van der Waals surface area contributed by atoms with Gasteiger partial charge >= 0.3 is 0 Å². The molecule has 3 aromatic rings. The maximum atomic E-state index is 2.41. The largest absolute Gasteiger partial charge is 0.0804 e. The molecule has 0 heteroatoms. The van der Waals surface area contributed by atoms with Gasteiger partial charge in [-0.25, -0.2) is 0 Å². The van der Waals surface area contributed by atoms with Gasteiger partial charge in [-0.2, -0.15) is 0 Å². The average molecular weight is 344 g/mol. The van der Waals surface area contributed by atoms with Crippen molar-refractivity contribution >= 4 is 5.57 Å². The number of hydrogen-bond acceptors (Lipinski definition) is 0. The van der Waals surface area contributed by atoms with Crippen LogP contribution >= 0.6 is 0 Å². The first kappa shape index (κ1) is 15.0. The monoisotopic (exact) mass is 344 g/mol. The van der Waals surface area contributed by atoms with Crippen LogP contribution in [0.2, 0.25) is 0 Å². The summed E-state index contributed by atoms with van der Waals surface area (Å²) in [6, 6.07) is 24.9. The Morgan fingerprint density at radius 1 is 0.667 bits per heavy atom. The topological polar surface area (TPSA) is 0 Å². The third-order valence-corrected chi connectivity index (χ3v) is 6.36. The summed E-state index contributed by atoms with van der Waals surface area (Å²) < 4.78 is 0. The molecule has 3 aliphatic rings. The zero-order valence-corrected chi connectivity index (χ0v) is 15.4. The minimum Gasteiger partial charge on any atom is -0.0804 e. The van der Waals surface area contributed by atoms with Gasteiger partial charge in [-0.1, -0.05) is 96.6 Å². The molecule has 0 nitrogen and oxygen atoms in total. The maximum Gasteiger partial charge on any atom is 0.0725 e. The third-order valence-electron chi connectivity index (χ3n) is 6.36. The van der Waals surface area contributed by atoms with Crippen molar-refractivity contribution in [3.63, 3.8) is 0 Å². The molecule has 3 aliphatic carbocycles. The number of rotatable bonds is 0. The zero-order valence-electron chi connectivity index (χ0n) is 15.4. The van der Waals surface area contributed by atoms with Crippen LogP contribution in [0, 0.1) is 6.92 Å². The Balaban J connectivity index is 1.85. The Kier molecular flexibility index (Phi) is 2.89. The molecule has 0 amide bonds. The Morgan fingerprint density at radius 2 is 1.33 bits per heavy atom. The Hall–Kier alpha value is -3.12. The first-order valence-electron chi connectivity index (χ1n) is 9.70. The van der Waals surface area contributed by atoms with Crippen LogP contribution in [-0.2, 0) is 5.41 Å². The van der Waals surface area contributed by atoms with Gasteiger partial charge in [0.05, 0.1) is 5.41 Å². The number of aryl methyl sites for hydroxylation is 1. The lowest BCUT2D eigenvalue weighted by molar-refractivity contribution is 0.784. The summed E-state index contributed by atoms with van der Waals surface area (Å²) in [5.74, 6) is 0. The van der Waals surface area contributed by atoms with Crippen molar-refractivity contribution < 1.29 is 0 Å². The summed E-state index contributed by atoms with van der Waals surface area (Å²) in [7, 11) is 0. The molecule has 128 valence electrons. The van der Waals surface area contributed by atoms with Gasteiger partial charge in [-0.15, -0.1) is 0 Å². The highest BCUT2D eigenvalue weighted by molar-refractivity contribution is 5.98. The molecule has 27 heavy (non-hydrogen) atoms. The highest BCUT2D eigenvalue weighted by Gasteiger charge is 2.51. The molecule has 3 aromatic carbocycles. The van der Waals surface area contributed by atoms with E-state index >= 15 is 0 Å². The SMILES string of the molecule is Cc1ccc2c(c1)C1(C3=C2C=CCC=C3)c2ccccc2-c2ccccc21. The van der Waals surface area contributed by atoms with Gasteiger partial charge in [-0.05, 0) is 57.9 Å². The van der Waals surface area contributed by atoms with Crippen LogP contribution in [0.25, 0.3) is 16.7 Å². The summed E-state index contributed by atoms with van der Waals surface area (Å²) in [6.45, 7) is 2.20. The summed E-state index contributed by atoms with van der Waals surface area (Å²) >= 11 is 0. The normalized spacial score (nSPS) is 17.5. The van der Waals surface area contributed by atoms with E-state index in [1.807, 2.05) is 0 Å². The quantitative estimate of drug-likeness (QED) is 0.431. The van der Waals surface area contributed by atoms with Crippen LogP contribution in [-0.4, -0.2) is 0 Å². The lowest BCUT2D eigenvalue weighted by Crippen LogP contribution is -2.26. The van der Waals surface area contributed by atoms with E-state index in [2.05, 4.69) is 98.0 Å². The van der Waals surface area contributed by atoms with E-state index < -0.39 is 0 Å². The van der Waals surface area contributed by atoms with Crippen molar-refractivity contribution in [1.82, 2.24) is 0 Å². The van der Waals surface area contributed by atoms with E-state index in [1.54, 1.807) is 0 Å². The van der Waals surface area contributed by atoms with Gasteiger partial charge in [-0.3, -0.25) is 0 Å². The molecule has 0 heterocycles. The Bertz CT molecular complexity index is 1150. The predicted molar refractivity (Wildman–Crippen MR) is 113 cm³/mol. The fraction of sp³-hybridized carbons (Fsp3) is 0.111. The van der Waals surface area contributed by atoms with Gasteiger partial charge in [0.1, 0.15) is 0 Å². The van der Waals surface area contributed by atoms with E-state index in [9.17, 15) is 0 Å². The number of fused-ring (bicyclic) bond motifs is 9. The first-order chi connectivity index (χ1) is 13.3. The minimum atomic E-state index is -0.199. The molecule has 0 saturated carbocycles. The van der Waals surface area contributed by atoms with Crippen molar-refractivity contribution in [2.75, 3.05) is 0 Å². The minimum absolute atomic E-state index is 0.199. The molecule has 0 radical (unpaired) electrons. The molecular weight excluding hydrogens is 324 g/mol.